The van der Waals surface area contributed by atoms with Gasteiger partial charge in [-0.05, 0) is 61.2 Å². The van der Waals surface area contributed by atoms with Crippen LogP contribution < -0.4 is 9.47 Å². The Hall–Kier alpha value is -3.49. The molecule has 5 nitrogen and oxygen atoms in total. The summed E-state index contributed by atoms with van der Waals surface area (Å²) in [5, 5.41) is 9.18. The highest BCUT2D eigenvalue weighted by Gasteiger charge is 2.31. The molecule has 170 valence electrons. The molecular formula is C23H20F4O5. The average molecular weight is 452 g/mol. The fourth-order valence-corrected chi connectivity index (χ4v) is 3.34. The number of carboxylic acids is 1. The lowest BCUT2D eigenvalue weighted by Gasteiger charge is -2.15. The van der Waals surface area contributed by atoms with Gasteiger partial charge >= 0.3 is 12.3 Å². The Kier molecular flexibility index (Phi) is 6.76. The average Bonchev–Trinajstić information content (AvgIpc) is 3.09. The molecule has 0 aliphatic heterocycles. The van der Waals surface area contributed by atoms with Crippen LogP contribution in [0.4, 0.5) is 17.6 Å². The van der Waals surface area contributed by atoms with Crippen LogP contribution in [-0.2, 0) is 17.8 Å². The lowest BCUT2D eigenvalue weighted by atomic mass is 9.99. The summed E-state index contributed by atoms with van der Waals surface area (Å²) in [5.41, 5.74) is 3.06. The Morgan fingerprint density at radius 3 is 2.53 bits per heavy atom. The van der Waals surface area contributed by atoms with Crippen molar-refractivity contribution in [2.75, 3.05) is 0 Å². The van der Waals surface area contributed by atoms with Crippen molar-refractivity contribution in [3.05, 3.63) is 64.7 Å². The molecule has 1 aromatic heterocycles. The molecule has 0 amide bonds. The van der Waals surface area contributed by atoms with Gasteiger partial charge in [-0.25, -0.2) is 4.39 Å². The topological polar surface area (TPSA) is 68.9 Å². The van der Waals surface area contributed by atoms with Crippen LogP contribution in [-0.4, -0.2) is 17.4 Å². The molecule has 3 aromatic rings. The number of fused-ring (bicyclic) bond motifs is 1. The third-order valence-corrected chi connectivity index (χ3v) is 4.99. The molecule has 0 saturated carbocycles. The molecule has 0 fully saturated rings. The molecule has 3 rings (SSSR count). The van der Waals surface area contributed by atoms with E-state index in [1.165, 1.54) is 6.07 Å². The molecular weight excluding hydrogens is 432 g/mol. The smallest absolute Gasteiger partial charge is 0.488 e. The lowest BCUT2D eigenvalue weighted by molar-refractivity contribution is -0.274. The summed E-state index contributed by atoms with van der Waals surface area (Å²) in [6, 6.07) is 7.15. The van der Waals surface area contributed by atoms with Crippen LogP contribution in [0.15, 0.2) is 41.1 Å². The Morgan fingerprint density at radius 2 is 1.88 bits per heavy atom. The molecule has 0 radical (unpaired) electrons. The number of rotatable bonds is 8. The highest BCUT2D eigenvalue weighted by Crippen LogP contribution is 2.33. The fraction of sp³-hybridized carbons (Fsp3) is 0.261. The number of aryl methyl sites for hydroxylation is 1. The first-order valence-electron chi connectivity index (χ1n) is 9.60. The van der Waals surface area contributed by atoms with Gasteiger partial charge in [-0.3, -0.25) is 4.79 Å². The maximum Gasteiger partial charge on any atom is 0.573 e. The van der Waals surface area contributed by atoms with Crippen molar-refractivity contribution in [3.63, 3.8) is 0 Å². The zero-order valence-electron chi connectivity index (χ0n) is 17.3. The molecule has 0 unspecified atom stereocenters. The minimum atomic E-state index is -4.88. The van der Waals surface area contributed by atoms with Crippen molar-refractivity contribution in [1.29, 1.82) is 0 Å². The molecule has 0 aliphatic rings. The van der Waals surface area contributed by atoms with Gasteiger partial charge in [-0.1, -0.05) is 6.07 Å². The van der Waals surface area contributed by atoms with Crippen LogP contribution >= 0.6 is 0 Å². The van der Waals surface area contributed by atoms with E-state index in [9.17, 15) is 22.4 Å². The molecule has 32 heavy (non-hydrogen) atoms. The third kappa shape index (κ3) is 5.60. The predicted molar refractivity (Wildman–Crippen MR) is 109 cm³/mol. The first-order valence-corrected chi connectivity index (χ1v) is 9.60. The molecule has 0 spiro atoms. The standard InChI is InChI=1S/C23H20F4O5/c1-13-14(2)20(5-3-15(13)4-6-21(28)29)30-12-17-11-19(32-23(25,26)27)10-16-9-18(7-8-24)31-22(16)17/h3,5,7-11H,4,6,12H2,1-2H3,(H,28,29). The quantitative estimate of drug-likeness (QED) is 0.396. The summed E-state index contributed by atoms with van der Waals surface area (Å²) >= 11 is 0. The van der Waals surface area contributed by atoms with Gasteiger partial charge in [0, 0.05) is 23.4 Å². The summed E-state index contributed by atoms with van der Waals surface area (Å²) in [6.45, 7) is 3.52. The van der Waals surface area contributed by atoms with E-state index >= 15 is 0 Å². The molecule has 1 N–H and O–H groups in total. The maximum atomic E-state index is 12.7. The van der Waals surface area contributed by atoms with Gasteiger partial charge in [0.2, 0.25) is 0 Å². The van der Waals surface area contributed by atoms with Gasteiger partial charge in [-0.2, -0.15) is 0 Å². The van der Waals surface area contributed by atoms with Crippen molar-refractivity contribution in [3.8, 4) is 11.5 Å². The number of aliphatic carboxylic acids is 1. The molecule has 0 saturated heterocycles. The van der Waals surface area contributed by atoms with Gasteiger partial charge in [0.1, 0.15) is 29.4 Å². The van der Waals surface area contributed by atoms with Gasteiger partial charge in [0.15, 0.2) is 0 Å². The molecule has 0 atom stereocenters. The largest absolute Gasteiger partial charge is 0.573 e. The number of hydrogen-bond acceptors (Lipinski definition) is 4. The van der Waals surface area contributed by atoms with Crippen molar-refractivity contribution in [2.45, 2.75) is 39.7 Å². The normalized spacial score (nSPS) is 11.9. The first kappa shape index (κ1) is 23.2. The number of ether oxygens (including phenoxy) is 2. The van der Waals surface area contributed by atoms with Crippen LogP contribution in [0.5, 0.6) is 11.5 Å². The maximum absolute atomic E-state index is 12.7. The molecule has 1 heterocycles. The Bertz CT molecular complexity index is 1160. The van der Waals surface area contributed by atoms with Crippen LogP contribution in [0.2, 0.25) is 0 Å². The van der Waals surface area contributed by atoms with E-state index in [4.69, 9.17) is 14.3 Å². The minimum Gasteiger partial charge on any atom is -0.488 e. The SMILES string of the molecule is Cc1c(CCC(=O)O)ccc(OCc2cc(OC(F)(F)F)cc3cc(C=CF)oc23)c1C. The number of hydrogen-bond donors (Lipinski definition) is 1. The highest BCUT2D eigenvalue weighted by molar-refractivity contribution is 5.84. The second-order valence-corrected chi connectivity index (χ2v) is 7.15. The second kappa shape index (κ2) is 9.33. The number of carboxylic acid groups (broad SMARTS) is 1. The van der Waals surface area contributed by atoms with E-state index < -0.39 is 18.1 Å². The lowest BCUT2D eigenvalue weighted by Crippen LogP contribution is -2.17. The van der Waals surface area contributed by atoms with Gasteiger partial charge < -0.3 is 19.0 Å². The predicted octanol–water partition coefficient (Wildman–Crippen LogP) is 6.48. The number of alkyl halides is 3. The first-order chi connectivity index (χ1) is 15.1. The van der Waals surface area contributed by atoms with E-state index in [-0.39, 0.29) is 36.3 Å². The highest BCUT2D eigenvalue weighted by atomic mass is 19.4. The molecule has 9 heteroatoms. The summed E-state index contributed by atoms with van der Waals surface area (Å²) in [7, 11) is 0. The van der Waals surface area contributed by atoms with E-state index in [0.717, 1.165) is 34.9 Å². The van der Waals surface area contributed by atoms with Gasteiger partial charge in [0.25, 0.3) is 0 Å². The zero-order valence-corrected chi connectivity index (χ0v) is 17.3. The van der Waals surface area contributed by atoms with Crippen molar-refractivity contribution in [2.24, 2.45) is 0 Å². The van der Waals surface area contributed by atoms with Crippen LogP contribution in [0.1, 0.15) is 34.4 Å². The summed E-state index contributed by atoms with van der Waals surface area (Å²) in [4.78, 5) is 10.8. The van der Waals surface area contributed by atoms with Crippen LogP contribution in [0, 0.1) is 13.8 Å². The summed E-state index contributed by atoms with van der Waals surface area (Å²) in [6.07, 6.45) is -3.20. The van der Waals surface area contributed by atoms with Gasteiger partial charge in [-0.15, -0.1) is 13.2 Å². The fourth-order valence-electron chi connectivity index (χ4n) is 3.34. The van der Waals surface area contributed by atoms with Crippen LogP contribution in [0.25, 0.3) is 17.0 Å². The molecule has 0 bridgehead atoms. The van der Waals surface area contributed by atoms with E-state index in [1.54, 1.807) is 12.1 Å². The van der Waals surface area contributed by atoms with Crippen molar-refractivity contribution >= 4 is 23.0 Å². The second-order valence-electron chi connectivity index (χ2n) is 7.15. The molecule has 0 aliphatic carbocycles. The van der Waals surface area contributed by atoms with Crippen LogP contribution in [0.3, 0.4) is 0 Å². The van der Waals surface area contributed by atoms with E-state index in [2.05, 4.69) is 4.74 Å². The monoisotopic (exact) mass is 452 g/mol. The Labute approximate surface area is 180 Å². The minimum absolute atomic E-state index is 0.00137. The van der Waals surface area contributed by atoms with E-state index in [0.29, 0.717) is 17.6 Å². The Morgan fingerprint density at radius 1 is 1.12 bits per heavy atom. The number of halogens is 4. The summed E-state index contributed by atoms with van der Waals surface area (Å²) < 4.78 is 66.1. The number of furan rings is 1. The van der Waals surface area contributed by atoms with Crippen molar-refractivity contribution in [1.82, 2.24) is 0 Å². The zero-order chi connectivity index (χ0) is 23.5. The molecule has 2 aromatic carbocycles. The number of benzene rings is 2. The third-order valence-electron chi connectivity index (χ3n) is 4.99. The van der Waals surface area contributed by atoms with Crippen molar-refractivity contribution < 1.29 is 41.4 Å². The Balaban J connectivity index is 1.90. The van der Waals surface area contributed by atoms with E-state index in [1.807, 2.05) is 13.8 Å². The number of carbonyl (C=O) groups is 1. The van der Waals surface area contributed by atoms with Gasteiger partial charge in [0.05, 0.1) is 6.33 Å². The summed E-state index contributed by atoms with van der Waals surface area (Å²) in [5.74, 6) is -0.722.